The normalized spacial score (nSPS) is 39.4. The molecule has 16 aliphatic rings. The highest BCUT2D eigenvalue weighted by Gasteiger charge is 2.88. The molecule has 0 amide bonds. The highest BCUT2D eigenvalue weighted by Crippen LogP contribution is 2.97. The Hall–Kier alpha value is -4.44. The van der Waals surface area contributed by atoms with Crippen molar-refractivity contribution in [3.05, 3.63) is 122 Å². The van der Waals surface area contributed by atoms with Gasteiger partial charge in [-0.15, -0.1) is 92.8 Å². The van der Waals surface area contributed by atoms with Crippen LogP contribution >= 0.6 is 92.8 Å². The van der Waals surface area contributed by atoms with Gasteiger partial charge in [-0.3, -0.25) is 0 Å². The molecule has 0 aromatic heterocycles. The quantitative estimate of drug-likeness (QED) is 0.105. The van der Waals surface area contributed by atoms with Crippen molar-refractivity contribution in [3.8, 4) is 0 Å². The molecular weight excluding hydrogens is 1000 g/mol. The minimum Gasteiger partial charge on any atom is -0.106 e. The van der Waals surface area contributed by atoms with Crippen LogP contribution < -0.4 is 0 Å². The van der Waals surface area contributed by atoms with E-state index in [4.69, 9.17) is 0 Å². The van der Waals surface area contributed by atoms with Gasteiger partial charge in [0, 0.05) is 0 Å². The first-order valence-electron chi connectivity index (χ1n) is 24.0. The molecule has 0 saturated heterocycles. The first-order chi connectivity index (χ1) is 32.9. The van der Waals surface area contributed by atoms with E-state index in [1.165, 1.54) is 184 Å². The lowest BCUT2D eigenvalue weighted by molar-refractivity contribution is 0.499. The van der Waals surface area contributed by atoms with Crippen LogP contribution in [0.1, 0.15) is 66.8 Å². The zero-order valence-electron chi connectivity index (χ0n) is 33.0. The highest BCUT2D eigenvalue weighted by atomic mass is 35.5. The maximum atomic E-state index is 9.35. The molecule has 0 aliphatic heterocycles. The second kappa shape index (κ2) is 5.95. The molecule has 8 atom stereocenters. The van der Waals surface area contributed by atoms with Crippen LogP contribution in [0, 0.1) is 0 Å². The molecular formula is C60Cl8. The Kier molecular flexibility index (Phi) is 2.49. The number of benzene rings is 12. The van der Waals surface area contributed by atoms with Crippen molar-refractivity contribution in [2.24, 2.45) is 0 Å². The molecule has 0 nitrogen and oxygen atoms in total. The number of hydrogen-bond donors (Lipinski definition) is 0. The maximum absolute atomic E-state index is 9.35. The van der Waals surface area contributed by atoms with E-state index in [0.717, 1.165) is 100 Å². The zero-order chi connectivity index (χ0) is 42.0. The van der Waals surface area contributed by atoms with E-state index < -0.39 is 39.0 Å². The number of hydrogen-bond acceptors (Lipinski definition) is 0. The fraction of sp³-hybridized carbons (Fsp3) is 0.133. The summed E-state index contributed by atoms with van der Waals surface area (Å²) in [5.41, 5.74) is 24.0. The number of rotatable bonds is 0. The van der Waals surface area contributed by atoms with Gasteiger partial charge in [0.1, 0.15) is 39.0 Å². The van der Waals surface area contributed by atoms with Gasteiger partial charge < -0.3 is 0 Å². The fourth-order valence-corrected chi connectivity index (χ4v) is 29.3. The topological polar surface area (TPSA) is 0 Å². The molecule has 0 saturated carbocycles. The van der Waals surface area contributed by atoms with Gasteiger partial charge in [0.2, 0.25) is 0 Å². The summed E-state index contributed by atoms with van der Waals surface area (Å²) in [6, 6.07) is 0. The van der Waals surface area contributed by atoms with Crippen LogP contribution in [0.3, 0.4) is 0 Å². The smallest absolute Gasteiger partial charge is 0.106 e. The number of allylic oxidation sites excluding steroid dienone is 10. The molecule has 68 heavy (non-hydrogen) atoms. The Bertz CT molecular complexity index is 5690. The lowest BCUT2D eigenvalue weighted by atomic mass is 9.55. The van der Waals surface area contributed by atoms with Crippen molar-refractivity contribution in [2.45, 2.75) is 39.0 Å². The standard InChI is InChI=1S/C60Cl8/c61-53-33-21-11-3-1-2-5-9-7(3)15-19-17(9)27-23-13(5)14-6(2)10-8-4(1)12(11)22-26-16(8)20-18(10)28-24(14)36-35(23)55(63)39(27)43-29(19)41(37(53)25(15)21)57(65)45-31-32-47(59(43,57)67)51(55)52-48(32)60(68)44(40(28)56(36,52)64)30(20)42-38(26)54(62,34(22)33)50(49(45)53)46(31)58(42,60)66. The summed E-state index contributed by atoms with van der Waals surface area (Å²) < 4.78 is 0. The van der Waals surface area contributed by atoms with Crippen molar-refractivity contribution >= 4 is 254 Å². The van der Waals surface area contributed by atoms with E-state index in [1.807, 2.05) is 0 Å². The van der Waals surface area contributed by atoms with Crippen LogP contribution in [0.2, 0.25) is 0 Å². The van der Waals surface area contributed by atoms with E-state index in [2.05, 4.69) is 0 Å². The molecule has 8 unspecified atom stereocenters. The summed E-state index contributed by atoms with van der Waals surface area (Å²) in [6.45, 7) is 0. The van der Waals surface area contributed by atoms with Gasteiger partial charge in [0.25, 0.3) is 0 Å². The van der Waals surface area contributed by atoms with Gasteiger partial charge in [0.05, 0.1) is 0 Å². The minimum atomic E-state index is -1.29. The molecule has 0 fully saturated rings. The second-order valence-corrected chi connectivity index (χ2v) is 29.3. The molecule has 0 N–H and O–H groups in total. The van der Waals surface area contributed by atoms with Crippen molar-refractivity contribution in [3.63, 3.8) is 0 Å². The third-order valence-electron chi connectivity index (χ3n) is 24.8. The number of halogens is 8. The molecule has 8 heteroatoms. The summed E-state index contributed by atoms with van der Waals surface area (Å²) in [5.74, 6) is 0. The second-order valence-electron chi connectivity index (χ2n) is 24.8. The lowest BCUT2D eigenvalue weighted by Gasteiger charge is -2.56. The maximum Gasteiger partial charge on any atom is 0.124 e. The van der Waals surface area contributed by atoms with Crippen molar-refractivity contribution < 1.29 is 0 Å². The summed E-state index contributed by atoms with van der Waals surface area (Å²) in [5, 5.41) is 40.5. The van der Waals surface area contributed by atoms with Crippen molar-refractivity contribution in [1.82, 2.24) is 0 Å². The van der Waals surface area contributed by atoms with Gasteiger partial charge >= 0.3 is 0 Å². The van der Waals surface area contributed by atoms with Crippen molar-refractivity contribution in [1.29, 1.82) is 0 Å². The molecule has 16 aromatic rings. The summed E-state index contributed by atoms with van der Waals surface area (Å²) >= 11 is 74.6. The number of alkyl halides is 8. The lowest BCUT2D eigenvalue weighted by Crippen LogP contribution is -2.53. The van der Waals surface area contributed by atoms with Gasteiger partial charge in [-0.2, -0.15) is 0 Å². The van der Waals surface area contributed by atoms with Crippen LogP contribution in [0.25, 0.3) is 162 Å². The van der Waals surface area contributed by atoms with Crippen LogP contribution in [0.5, 0.6) is 0 Å². The van der Waals surface area contributed by atoms with Crippen LogP contribution in [0.15, 0.2) is 55.7 Å². The Morgan fingerprint density at radius 3 is 0.485 bits per heavy atom. The Morgan fingerprint density at radius 1 is 0.147 bits per heavy atom. The summed E-state index contributed by atoms with van der Waals surface area (Å²) in [4.78, 5) is -9.62. The van der Waals surface area contributed by atoms with Crippen LogP contribution in [-0.4, -0.2) is 0 Å². The molecule has 16 aliphatic carbocycles. The Morgan fingerprint density at radius 2 is 0.294 bits per heavy atom. The van der Waals surface area contributed by atoms with E-state index in [1.54, 1.807) is 0 Å². The first-order valence-corrected chi connectivity index (χ1v) is 27.0. The van der Waals surface area contributed by atoms with E-state index >= 15 is 0 Å². The van der Waals surface area contributed by atoms with Gasteiger partial charge in [-0.25, -0.2) is 0 Å². The highest BCUT2D eigenvalue weighted by molar-refractivity contribution is 6.74. The predicted molar refractivity (Wildman–Crippen MR) is 275 cm³/mol. The van der Waals surface area contributed by atoms with Crippen molar-refractivity contribution in [2.75, 3.05) is 0 Å². The van der Waals surface area contributed by atoms with E-state index in [9.17, 15) is 92.8 Å². The molecule has 0 heterocycles. The van der Waals surface area contributed by atoms with Gasteiger partial charge in [0.15, 0.2) is 0 Å². The van der Waals surface area contributed by atoms with E-state index in [-0.39, 0.29) is 0 Å². The summed E-state index contributed by atoms with van der Waals surface area (Å²) in [6.07, 6.45) is 0. The van der Waals surface area contributed by atoms with Crippen LogP contribution in [-0.2, 0) is 39.0 Å². The van der Waals surface area contributed by atoms with Gasteiger partial charge in [-0.05, 0) is 284 Å². The predicted octanol–water partition coefficient (Wildman–Crippen LogP) is 16.8. The molecule has 296 valence electrons. The minimum absolute atomic E-state index is 1.01. The zero-order valence-corrected chi connectivity index (χ0v) is 39.1. The monoisotopic (exact) mass is 1000 g/mol. The summed E-state index contributed by atoms with van der Waals surface area (Å²) in [7, 11) is 0. The Balaban J connectivity index is 1.20. The molecule has 32 rings (SSSR count). The molecule has 0 radical (unpaired) electrons. The average molecular weight is 1000 g/mol. The first kappa shape index (κ1) is 28.4. The van der Waals surface area contributed by atoms with E-state index in [0.29, 0.717) is 0 Å². The average Bonchev–Trinajstić information content (AvgIpc) is 4.20. The largest absolute Gasteiger partial charge is 0.124 e. The molecule has 0 bridgehead atoms. The van der Waals surface area contributed by atoms with Gasteiger partial charge in [-0.1, -0.05) is 0 Å². The van der Waals surface area contributed by atoms with Crippen LogP contribution in [0.4, 0.5) is 0 Å². The molecule has 16 aromatic carbocycles. The SMILES string of the molecule is ClC12C3=C4C5=C6C7=C8C9=C6C6(Cl)c%10c%11c%12c%13c(c%14c%15c%16c(c%17c%18c(c1c1c%19c2c2c%20c%21c%22c(c%10c%10c%21c%21c(c%12%10)c%10c%13c%15c%12c%13c%16c%18c1c%13c1c%19c%20c%21c1c%12%10)C6(Cl)C5=C3C%222Cl)C4(Cl)C7%17Cl)C8%14Cl)C9%11Cl. The Labute approximate surface area is 412 Å². The third-order valence-corrected chi connectivity index (χ3v) is 29.9. The third kappa shape index (κ3) is 1.37. The fourth-order valence-electron chi connectivity index (χ4n) is 24.8. The molecule has 0 spiro atoms.